The van der Waals surface area contributed by atoms with Gasteiger partial charge >= 0.3 is 17.9 Å². The van der Waals surface area contributed by atoms with Crippen molar-refractivity contribution in [2.45, 2.75) is 335 Å². The van der Waals surface area contributed by atoms with E-state index in [0.29, 0.717) is 19.3 Å². The molecular formula is C71H124O6. The topological polar surface area (TPSA) is 78.9 Å². The molecule has 0 aromatic heterocycles. The van der Waals surface area contributed by atoms with Crippen molar-refractivity contribution in [1.82, 2.24) is 0 Å². The van der Waals surface area contributed by atoms with Crippen molar-refractivity contribution >= 4 is 17.9 Å². The van der Waals surface area contributed by atoms with E-state index in [4.69, 9.17) is 14.2 Å². The smallest absolute Gasteiger partial charge is 0.306 e. The van der Waals surface area contributed by atoms with Gasteiger partial charge in [0.15, 0.2) is 6.10 Å². The summed E-state index contributed by atoms with van der Waals surface area (Å²) in [6, 6.07) is 0. The van der Waals surface area contributed by atoms with Crippen LogP contribution in [0.4, 0.5) is 0 Å². The number of ether oxygens (including phenoxy) is 3. The molecule has 0 rings (SSSR count). The molecule has 1 atom stereocenters. The highest BCUT2D eigenvalue weighted by molar-refractivity contribution is 5.71. The average molecular weight is 1070 g/mol. The van der Waals surface area contributed by atoms with Crippen LogP contribution in [0.3, 0.4) is 0 Å². The minimum absolute atomic E-state index is 0.0969. The highest BCUT2D eigenvalue weighted by Crippen LogP contribution is 2.18. The predicted molar refractivity (Wildman–Crippen MR) is 334 cm³/mol. The fourth-order valence-corrected chi connectivity index (χ4v) is 9.49. The maximum absolute atomic E-state index is 12.8. The minimum atomic E-state index is -0.804. The lowest BCUT2D eigenvalue weighted by Gasteiger charge is -2.18. The van der Waals surface area contributed by atoms with E-state index in [-0.39, 0.29) is 37.5 Å². The predicted octanol–water partition coefficient (Wildman–Crippen LogP) is 22.7. The summed E-state index contributed by atoms with van der Waals surface area (Å²) < 4.78 is 16.8. The van der Waals surface area contributed by atoms with Gasteiger partial charge in [-0.3, -0.25) is 14.4 Å². The molecule has 0 fully saturated rings. The third-order valence-corrected chi connectivity index (χ3v) is 14.4. The maximum atomic E-state index is 12.8. The van der Waals surface area contributed by atoms with Crippen LogP contribution in [0.15, 0.2) is 85.1 Å². The Bertz CT molecular complexity index is 1470. The van der Waals surface area contributed by atoms with Crippen molar-refractivity contribution in [3.63, 3.8) is 0 Å². The number of allylic oxidation sites excluding steroid dienone is 14. The molecule has 6 nitrogen and oxygen atoms in total. The molecule has 77 heavy (non-hydrogen) atoms. The fourth-order valence-electron chi connectivity index (χ4n) is 9.49. The van der Waals surface area contributed by atoms with Crippen molar-refractivity contribution in [2.24, 2.45) is 0 Å². The summed E-state index contributed by atoms with van der Waals surface area (Å²) in [5, 5.41) is 0. The Hall–Kier alpha value is -3.41. The molecule has 0 heterocycles. The van der Waals surface area contributed by atoms with E-state index in [1.54, 1.807) is 0 Å². The molecule has 0 aromatic rings. The highest BCUT2D eigenvalue weighted by atomic mass is 16.6. The second-order valence-electron chi connectivity index (χ2n) is 22.0. The molecule has 0 N–H and O–H groups in total. The Labute approximate surface area is 477 Å². The molecule has 0 aliphatic heterocycles. The van der Waals surface area contributed by atoms with Crippen molar-refractivity contribution in [3.05, 3.63) is 85.1 Å². The van der Waals surface area contributed by atoms with E-state index in [0.717, 1.165) is 89.9 Å². The van der Waals surface area contributed by atoms with E-state index >= 15 is 0 Å². The summed E-state index contributed by atoms with van der Waals surface area (Å²) in [7, 11) is 0. The zero-order valence-corrected chi connectivity index (χ0v) is 51.0. The first-order valence-corrected chi connectivity index (χ1v) is 33.1. The van der Waals surface area contributed by atoms with Gasteiger partial charge < -0.3 is 14.2 Å². The molecule has 0 radical (unpaired) electrons. The maximum Gasteiger partial charge on any atom is 0.306 e. The van der Waals surface area contributed by atoms with Crippen molar-refractivity contribution in [1.29, 1.82) is 0 Å². The van der Waals surface area contributed by atoms with Gasteiger partial charge in [0.1, 0.15) is 13.2 Å². The average Bonchev–Trinajstić information content (AvgIpc) is 3.43. The van der Waals surface area contributed by atoms with E-state index in [1.165, 1.54) is 193 Å². The van der Waals surface area contributed by atoms with Crippen LogP contribution in [0.2, 0.25) is 0 Å². The number of hydrogen-bond donors (Lipinski definition) is 0. The van der Waals surface area contributed by atoms with Gasteiger partial charge in [-0.1, -0.05) is 324 Å². The second kappa shape index (κ2) is 65.1. The zero-order valence-electron chi connectivity index (χ0n) is 51.0. The quantitative estimate of drug-likeness (QED) is 0.0261. The van der Waals surface area contributed by atoms with E-state index < -0.39 is 6.10 Å². The van der Waals surface area contributed by atoms with Crippen LogP contribution in [0.25, 0.3) is 0 Å². The minimum Gasteiger partial charge on any atom is -0.462 e. The molecule has 0 spiro atoms. The van der Waals surface area contributed by atoms with Crippen LogP contribution in [0.1, 0.15) is 329 Å². The monoisotopic (exact) mass is 1070 g/mol. The van der Waals surface area contributed by atoms with Crippen LogP contribution in [-0.2, 0) is 28.6 Å². The largest absolute Gasteiger partial charge is 0.462 e. The lowest BCUT2D eigenvalue weighted by atomic mass is 10.0. The number of carbonyl (C=O) groups is 3. The molecule has 0 bridgehead atoms. The third-order valence-electron chi connectivity index (χ3n) is 14.4. The SMILES string of the molecule is CC/C=C\C/C=C\C/C=C\C/C=C\C/C=C\C/C=C\C/C=C\CCCC(=O)OC(COC(=O)CCCCCCCC)COC(=O)CCCCCCCCCCCCCCCCCCCCCCCCCCCCCCCC. The van der Waals surface area contributed by atoms with Crippen molar-refractivity contribution in [2.75, 3.05) is 13.2 Å². The number of hydrogen-bond acceptors (Lipinski definition) is 6. The van der Waals surface area contributed by atoms with Gasteiger partial charge in [0.2, 0.25) is 0 Å². The molecular weight excluding hydrogens is 949 g/mol. The molecule has 0 aliphatic rings. The first kappa shape index (κ1) is 73.6. The van der Waals surface area contributed by atoms with Gasteiger partial charge in [0.05, 0.1) is 0 Å². The van der Waals surface area contributed by atoms with E-state index in [1.807, 2.05) is 0 Å². The lowest BCUT2D eigenvalue weighted by Crippen LogP contribution is -2.30. The number of esters is 3. The van der Waals surface area contributed by atoms with Gasteiger partial charge in [-0.15, -0.1) is 0 Å². The van der Waals surface area contributed by atoms with Crippen molar-refractivity contribution < 1.29 is 28.6 Å². The Balaban J connectivity index is 4.09. The molecule has 0 amide bonds. The number of unbranched alkanes of at least 4 members (excludes halogenated alkanes) is 35. The molecule has 0 aromatic carbocycles. The Kier molecular flexibility index (Phi) is 62.2. The van der Waals surface area contributed by atoms with Crippen LogP contribution < -0.4 is 0 Å². The first-order chi connectivity index (χ1) is 38.0. The lowest BCUT2D eigenvalue weighted by molar-refractivity contribution is -0.167. The summed E-state index contributed by atoms with van der Waals surface area (Å²) in [5.74, 6) is -0.956. The summed E-state index contributed by atoms with van der Waals surface area (Å²) in [5.41, 5.74) is 0. The van der Waals surface area contributed by atoms with E-state index in [2.05, 4.69) is 106 Å². The molecule has 6 heteroatoms. The van der Waals surface area contributed by atoms with Crippen LogP contribution in [0, 0.1) is 0 Å². The van der Waals surface area contributed by atoms with Crippen LogP contribution in [-0.4, -0.2) is 37.2 Å². The molecule has 444 valence electrons. The Morgan fingerprint density at radius 1 is 0.273 bits per heavy atom. The summed E-state index contributed by atoms with van der Waals surface area (Å²) >= 11 is 0. The first-order valence-electron chi connectivity index (χ1n) is 33.1. The second-order valence-corrected chi connectivity index (χ2v) is 22.0. The number of carbonyl (C=O) groups excluding carboxylic acids is 3. The van der Waals surface area contributed by atoms with E-state index in [9.17, 15) is 14.4 Å². The summed E-state index contributed by atoms with van der Waals surface area (Å²) in [4.78, 5) is 38.0. The van der Waals surface area contributed by atoms with Gasteiger partial charge in [-0.25, -0.2) is 0 Å². The molecule has 0 aliphatic carbocycles. The molecule has 0 saturated carbocycles. The van der Waals surface area contributed by atoms with Gasteiger partial charge in [-0.05, 0) is 70.6 Å². The Morgan fingerprint density at radius 3 is 0.779 bits per heavy atom. The normalized spacial score (nSPS) is 12.6. The molecule has 0 saturated heterocycles. The van der Waals surface area contributed by atoms with Gasteiger partial charge in [0.25, 0.3) is 0 Å². The summed E-state index contributed by atoms with van der Waals surface area (Å²) in [6.45, 7) is 6.45. The highest BCUT2D eigenvalue weighted by Gasteiger charge is 2.19. The standard InChI is InChI=1S/C71H124O6/c1-4-7-10-13-16-18-20-22-24-26-28-30-32-33-34-35-36-37-38-40-41-43-45-47-49-51-53-55-58-61-64-70(73)76-67-68(66-75-69(72)63-60-57-15-12-9-6-3)77-71(74)65-62-59-56-54-52-50-48-46-44-42-39-31-29-27-25-23-21-19-17-14-11-8-5-2/h8,11,17,19,23,25,29,31,42,44,48,50,54,56,68H,4-7,9-10,12-16,18,20-22,24,26-28,30,32-41,43,45-47,49,51-53,55,57-67H2,1-3H3/b11-8-,19-17-,25-23-,31-29-,44-42-,50-48-,56-54-. The van der Waals surface area contributed by atoms with Crippen molar-refractivity contribution in [3.8, 4) is 0 Å². The third kappa shape index (κ3) is 63.3. The molecule has 1 unspecified atom stereocenters. The van der Waals surface area contributed by atoms with Gasteiger partial charge in [0, 0.05) is 19.3 Å². The zero-order chi connectivity index (χ0) is 55.7. The van der Waals surface area contributed by atoms with Crippen LogP contribution >= 0.6 is 0 Å². The summed E-state index contributed by atoms with van der Waals surface area (Å²) in [6.07, 6.45) is 86.6. The Morgan fingerprint density at radius 2 is 0.506 bits per heavy atom. The van der Waals surface area contributed by atoms with Crippen LogP contribution in [0.5, 0.6) is 0 Å². The fraction of sp³-hybridized carbons (Fsp3) is 0.761. The van der Waals surface area contributed by atoms with Gasteiger partial charge in [-0.2, -0.15) is 0 Å². The number of rotatable bonds is 60.